The van der Waals surface area contributed by atoms with Crippen LogP contribution in [0, 0.1) is 6.92 Å². The van der Waals surface area contributed by atoms with Crippen molar-refractivity contribution in [3.8, 4) is 11.5 Å². The van der Waals surface area contributed by atoms with E-state index in [-0.39, 0.29) is 5.91 Å². The number of benzene rings is 4. The Kier molecular flexibility index (Phi) is 9.04. The molecule has 0 N–H and O–H groups in total. The summed E-state index contributed by atoms with van der Waals surface area (Å²) in [6.45, 7) is 3.43. The monoisotopic (exact) mass is 612 g/mol. The standard InChI is InChI=1S/C33H29BrN2O3S/c1-23-13-15-26(16-14-23)22-39-31-28(34)17-27(18-29(31)38-2)19-30-32(37)36(21-25-11-7-4-8-12-25)33(40-30)35-20-24-9-5-3-6-10-24/h3-19H,20-22H2,1-2H3/b30-19-,35-33?. The van der Waals surface area contributed by atoms with Gasteiger partial charge in [0.1, 0.15) is 6.61 Å². The molecule has 1 saturated heterocycles. The van der Waals surface area contributed by atoms with Gasteiger partial charge >= 0.3 is 0 Å². The second-order valence-corrected chi connectivity index (χ2v) is 11.2. The molecule has 0 unspecified atom stereocenters. The Hall–Kier alpha value is -3.81. The predicted octanol–water partition coefficient (Wildman–Crippen LogP) is 8.02. The van der Waals surface area contributed by atoms with E-state index >= 15 is 0 Å². The van der Waals surface area contributed by atoms with Crippen molar-refractivity contribution in [2.75, 3.05) is 7.11 Å². The summed E-state index contributed by atoms with van der Waals surface area (Å²) in [5.41, 5.74) is 5.24. The SMILES string of the molecule is COc1cc(/C=C2\SC(=NCc3ccccc3)N(Cc3ccccc3)C2=O)cc(Br)c1OCc1ccc(C)cc1. The van der Waals surface area contributed by atoms with Crippen molar-refractivity contribution in [2.45, 2.75) is 26.6 Å². The molecule has 1 heterocycles. The highest BCUT2D eigenvalue weighted by Crippen LogP contribution is 2.40. The number of hydrogen-bond acceptors (Lipinski definition) is 5. The number of aliphatic imine (C=N–C) groups is 1. The molecule has 40 heavy (non-hydrogen) atoms. The van der Waals surface area contributed by atoms with Gasteiger partial charge in [0.05, 0.1) is 29.6 Å². The van der Waals surface area contributed by atoms with Gasteiger partial charge < -0.3 is 9.47 Å². The maximum Gasteiger partial charge on any atom is 0.267 e. The van der Waals surface area contributed by atoms with Gasteiger partial charge in [-0.2, -0.15) is 0 Å². The average Bonchev–Trinajstić information content (AvgIpc) is 3.26. The first-order valence-electron chi connectivity index (χ1n) is 12.9. The maximum absolute atomic E-state index is 13.6. The van der Waals surface area contributed by atoms with Gasteiger partial charge in [0, 0.05) is 0 Å². The zero-order valence-electron chi connectivity index (χ0n) is 22.3. The Morgan fingerprint density at radius 1 is 0.900 bits per heavy atom. The fourth-order valence-electron chi connectivity index (χ4n) is 4.23. The molecule has 1 aliphatic heterocycles. The topological polar surface area (TPSA) is 51.1 Å². The summed E-state index contributed by atoms with van der Waals surface area (Å²) in [6.07, 6.45) is 1.88. The number of hydrogen-bond donors (Lipinski definition) is 0. The van der Waals surface area contributed by atoms with Crippen molar-refractivity contribution in [3.05, 3.63) is 134 Å². The first-order chi connectivity index (χ1) is 19.5. The van der Waals surface area contributed by atoms with Crippen LogP contribution in [-0.4, -0.2) is 23.1 Å². The summed E-state index contributed by atoms with van der Waals surface area (Å²) >= 11 is 5.04. The minimum Gasteiger partial charge on any atom is -0.493 e. The number of carbonyl (C=O) groups excluding carboxylic acids is 1. The lowest BCUT2D eigenvalue weighted by molar-refractivity contribution is -0.122. The highest BCUT2D eigenvalue weighted by Gasteiger charge is 2.33. The molecule has 202 valence electrons. The normalized spacial score (nSPS) is 15.2. The molecule has 7 heteroatoms. The van der Waals surface area contributed by atoms with Gasteiger partial charge in [-0.3, -0.25) is 14.7 Å². The molecule has 0 bridgehead atoms. The molecule has 1 fully saturated rings. The number of amides is 1. The van der Waals surface area contributed by atoms with E-state index in [0.29, 0.717) is 41.3 Å². The molecule has 0 saturated carbocycles. The van der Waals surface area contributed by atoms with E-state index in [1.165, 1.54) is 17.3 Å². The van der Waals surface area contributed by atoms with Gasteiger partial charge in [-0.25, -0.2) is 0 Å². The van der Waals surface area contributed by atoms with Crippen LogP contribution >= 0.6 is 27.7 Å². The zero-order chi connectivity index (χ0) is 27.9. The highest BCUT2D eigenvalue weighted by atomic mass is 79.9. The smallest absolute Gasteiger partial charge is 0.267 e. The van der Waals surface area contributed by atoms with Crippen molar-refractivity contribution in [2.24, 2.45) is 4.99 Å². The molecule has 1 amide bonds. The van der Waals surface area contributed by atoms with Gasteiger partial charge in [-0.05, 0) is 75.1 Å². The fourth-order valence-corrected chi connectivity index (χ4v) is 5.78. The Morgan fingerprint density at radius 2 is 1.57 bits per heavy atom. The number of rotatable bonds is 9. The Labute approximate surface area is 247 Å². The molecule has 0 radical (unpaired) electrons. The Bertz CT molecular complexity index is 1540. The molecule has 5 rings (SSSR count). The molecule has 0 atom stereocenters. The van der Waals surface area contributed by atoms with Crippen molar-refractivity contribution < 1.29 is 14.3 Å². The van der Waals surface area contributed by atoms with Crippen molar-refractivity contribution in [1.82, 2.24) is 4.90 Å². The van der Waals surface area contributed by atoms with E-state index < -0.39 is 0 Å². The third-order valence-corrected chi connectivity index (χ3v) is 8.00. The lowest BCUT2D eigenvalue weighted by Crippen LogP contribution is -2.28. The largest absolute Gasteiger partial charge is 0.493 e. The molecule has 1 aliphatic rings. The second kappa shape index (κ2) is 13.0. The Morgan fingerprint density at radius 3 is 2.25 bits per heavy atom. The zero-order valence-corrected chi connectivity index (χ0v) is 24.7. The summed E-state index contributed by atoms with van der Waals surface area (Å²) in [5, 5.41) is 0.688. The summed E-state index contributed by atoms with van der Waals surface area (Å²) in [6, 6.07) is 32.1. The summed E-state index contributed by atoms with van der Waals surface area (Å²) in [7, 11) is 1.61. The van der Waals surface area contributed by atoms with Crippen LogP contribution in [0.2, 0.25) is 0 Å². The highest BCUT2D eigenvalue weighted by molar-refractivity contribution is 9.10. The van der Waals surface area contributed by atoms with Crippen LogP contribution in [0.25, 0.3) is 6.08 Å². The fraction of sp³-hybridized carbons (Fsp3) is 0.152. The first kappa shape index (κ1) is 27.7. The van der Waals surface area contributed by atoms with Crippen LogP contribution in [0.1, 0.15) is 27.8 Å². The van der Waals surface area contributed by atoms with Gasteiger partial charge in [0.15, 0.2) is 16.7 Å². The van der Waals surface area contributed by atoms with E-state index in [1.807, 2.05) is 78.9 Å². The summed E-state index contributed by atoms with van der Waals surface area (Å²) in [4.78, 5) is 20.8. The van der Waals surface area contributed by atoms with E-state index in [1.54, 1.807) is 12.0 Å². The number of nitrogens with zero attached hydrogens (tertiary/aromatic N) is 2. The number of halogens is 1. The number of methoxy groups -OCH3 is 1. The van der Waals surface area contributed by atoms with Crippen molar-refractivity contribution >= 4 is 44.8 Å². The summed E-state index contributed by atoms with van der Waals surface area (Å²) in [5.74, 6) is 1.13. The van der Waals surface area contributed by atoms with Crippen LogP contribution in [-0.2, 0) is 24.5 Å². The third-order valence-electron chi connectivity index (χ3n) is 6.36. The molecule has 0 spiro atoms. The van der Waals surface area contributed by atoms with Crippen molar-refractivity contribution in [1.29, 1.82) is 0 Å². The van der Waals surface area contributed by atoms with Gasteiger partial charge in [-0.1, -0.05) is 90.5 Å². The van der Waals surface area contributed by atoms with Gasteiger partial charge in [0.2, 0.25) is 0 Å². The molecule has 0 aliphatic carbocycles. The van der Waals surface area contributed by atoms with Crippen molar-refractivity contribution in [3.63, 3.8) is 0 Å². The number of thioether (sulfide) groups is 1. The molecule has 4 aromatic rings. The lowest BCUT2D eigenvalue weighted by Gasteiger charge is -2.16. The number of carbonyl (C=O) groups is 1. The molecular weight excluding hydrogens is 584 g/mol. The van der Waals surface area contributed by atoms with Crippen LogP contribution in [0.5, 0.6) is 11.5 Å². The minimum atomic E-state index is -0.0737. The van der Waals surface area contributed by atoms with Crippen LogP contribution in [0.15, 0.2) is 111 Å². The maximum atomic E-state index is 13.6. The van der Waals surface area contributed by atoms with E-state index in [0.717, 1.165) is 26.7 Å². The van der Waals surface area contributed by atoms with Crippen LogP contribution < -0.4 is 9.47 Å². The molecule has 0 aromatic heterocycles. The quantitative estimate of drug-likeness (QED) is 0.180. The van der Waals surface area contributed by atoms with E-state index in [9.17, 15) is 4.79 Å². The third kappa shape index (κ3) is 6.84. The minimum absolute atomic E-state index is 0.0737. The molecule has 5 nitrogen and oxygen atoms in total. The van der Waals surface area contributed by atoms with Gasteiger partial charge in [-0.15, -0.1) is 0 Å². The average molecular weight is 614 g/mol. The second-order valence-electron chi connectivity index (χ2n) is 9.38. The van der Waals surface area contributed by atoms with Crippen LogP contribution in [0.4, 0.5) is 0 Å². The van der Waals surface area contributed by atoms with E-state index in [4.69, 9.17) is 14.5 Å². The molecule has 4 aromatic carbocycles. The summed E-state index contributed by atoms with van der Waals surface area (Å²) < 4.78 is 12.5. The van der Waals surface area contributed by atoms with Gasteiger partial charge in [0.25, 0.3) is 5.91 Å². The lowest BCUT2D eigenvalue weighted by atomic mass is 10.1. The first-order valence-corrected chi connectivity index (χ1v) is 14.5. The Balaban J connectivity index is 1.40. The number of ether oxygens (including phenoxy) is 2. The molecular formula is C33H29BrN2O3S. The van der Waals surface area contributed by atoms with Crippen LogP contribution in [0.3, 0.4) is 0 Å². The number of aryl methyl sites for hydroxylation is 1. The van der Waals surface area contributed by atoms with E-state index in [2.05, 4.69) is 47.1 Å². The number of amidine groups is 1. The predicted molar refractivity (Wildman–Crippen MR) is 166 cm³/mol.